The first-order valence-corrected chi connectivity index (χ1v) is 8.15. The number of carbonyl (C=O) groups excluding carboxylic acids is 1. The number of nitrogens with two attached hydrogens (primary N) is 1. The quantitative estimate of drug-likeness (QED) is 0.421. The number of nitrogens with one attached hydrogen (secondary N) is 2. The predicted octanol–water partition coefficient (Wildman–Crippen LogP) is 2.98. The fourth-order valence-electron chi connectivity index (χ4n) is 1.98. The van der Waals surface area contributed by atoms with Crippen LogP contribution in [-0.2, 0) is 10.0 Å². The number of hydrogen-bond acceptors (Lipinski definition) is 3. The Balaban J connectivity index is 2.53. The lowest BCUT2D eigenvalue weighted by molar-refractivity contribution is 0.259. The Morgan fingerprint density at radius 2 is 1.46 bits per heavy atom. The van der Waals surface area contributed by atoms with Gasteiger partial charge in [-0.15, -0.1) is 0 Å². The number of primary amides is 1. The van der Waals surface area contributed by atoms with Crippen LogP contribution in [0.5, 0.6) is 0 Å². The molecule has 2 aromatic carbocycles. The molecule has 140 valence electrons. The second-order valence-electron chi connectivity index (χ2n) is 5.02. The molecule has 0 aliphatic carbocycles. The number of amides is 2. The summed E-state index contributed by atoms with van der Waals surface area (Å²) >= 11 is 0. The maximum atomic E-state index is 13.7. The van der Waals surface area contributed by atoms with E-state index in [0.717, 1.165) is 12.1 Å². The zero-order valence-electron chi connectivity index (χ0n) is 12.8. The molecule has 2 amide bonds. The summed E-state index contributed by atoms with van der Waals surface area (Å²) in [6.45, 7) is 1.54. The summed E-state index contributed by atoms with van der Waals surface area (Å²) in [6, 6.07) is 2.55. The van der Waals surface area contributed by atoms with Crippen molar-refractivity contribution in [2.45, 2.75) is 11.8 Å². The second-order valence-corrected chi connectivity index (χ2v) is 6.64. The van der Waals surface area contributed by atoms with Crippen LogP contribution in [-0.4, -0.2) is 14.4 Å². The van der Waals surface area contributed by atoms with E-state index in [2.05, 4.69) is 5.32 Å². The highest BCUT2D eigenvalue weighted by atomic mass is 32.2. The Morgan fingerprint density at radius 1 is 0.962 bits per heavy atom. The Morgan fingerprint density at radius 3 is 1.96 bits per heavy atom. The lowest BCUT2D eigenvalue weighted by Gasteiger charge is -2.13. The number of anilines is 2. The van der Waals surface area contributed by atoms with E-state index in [4.69, 9.17) is 5.73 Å². The molecular weight excluding hydrogens is 385 g/mol. The minimum absolute atomic E-state index is 0.0649. The molecule has 4 N–H and O–H groups in total. The van der Waals surface area contributed by atoms with Crippen LogP contribution >= 0.6 is 0 Å². The van der Waals surface area contributed by atoms with E-state index in [1.807, 2.05) is 0 Å². The lowest BCUT2D eigenvalue weighted by Crippen LogP contribution is -2.21. The second kappa shape index (κ2) is 6.78. The molecule has 0 saturated carbocycles. The molecule has 0 aliphatic heterocycles. The van der Waals surface area contributed by atoms with Gasteiger partial charge < -0.3 is 11.1 Å². The standard InChI is InChI=1S/C14H10F5N3O3S/c1-5-2-3-6(4-7(5)21-14(20)23)22-26(24,25)13-11(18)9(16)8(15)10(17)12(13)19/h2-4,22H,1H3,(H3,20,21,23). The fraction of sp³-hybridized carbons (Fsp3) is 0.0714. The third-order valence-corrected chi connectivity index (χ3v) is 4.59. The number of sulfonamides is 1. The molecule has 6 nitrogen and oxygen atoms in total. The van der Waals surface area contributed by atoms with E-state index in [1.54, 1.807) is 4.72 Å². The highest BCUT2D eigenvalue weighted by molar-refractivity contribution is 7.92. The van der Waals surface area contributed by atoms with Crippen LogP contribution in [0.4, 0.5) is 38.1 Å². The predicted molar refractivity (Wildman–Crippen MR) is 81.4 cm³/mol. The lowest BCUT2D eigenvalue weighted by atomic mass is 10.2. The average Bonchev–Trinajstić information content (AvgIpc) is 2.53. The van der Waals surface area contributed by atoms with Gasteiger partial charge in [0.2, 0.25) is 5.82 Å². The van der Waals surface area contributed by atoms with Crippen molar-refractivity contribution in [2.24, 2.45) is 5.73 Å². The zero-order valence-corrected chi connectivity index (χ0v) is 13.6. The molecule has 0 radical (unpaired) electrons. The molecule has 2 rings (SSSR count). The highest BCUT2D eigenvalue weighted by Crippen LogP contribution is 2.29. The maximum Gasteiger partial charge on any atom is 0.316 e. The summed E-state index contributed by atoms with van der Waals surface area (Å²) in [5.74, 6) is -12.3. The van der Waals surface area contributed by atoms with Crippen molar-refractivity contribution in [3.8, 4) is 0 Å². The molecule has 0 heterocycles. The van der Waals surface area contributed by atoms with E-state index in [9.17, 15) is 35.2 Å². The van der Waals surface area contributed by atoms with E-state index in [0.29, 0.717) is 5.56 Å². The highest BCUT2D eigenvalue weighted by Gasteiger charge is 2.33. The van der Waals surface area contributed by atoms with Crippen molar-refractivity contribution in [3.63, 3.8) is 0 Å². The topological polar surface area (TPSA) is 101 Å². The number of benzene rings is 2. The van der Waals surface area contributed by atoms with Crippen LogP contribution in [0.3, 0.4) is 0 Å². The maximum absolute atomic E-state index is 13.7. The number of urea groups is 1. The van der Waals surface area contributed by atoms with Crippen molar-refractivity contribution in [1.82, 2.24) is 0 Å². The Bertz CT molecular complexity index is 982. The minimum Gasteiger partial charge on any atom is -0.351 e. The summed E-state index contributed by atoms with van der Waals surface area (Å²) in [4.78, 5) is 8.86. The van der Waals surface area contributed by atoms with Gasteiger partial charge in [0.1, 0.15) is 0 Å². The van der Waals surface area contributed by atoms with Crippen molar-refractivity contribution >= 4 is 27.4 Å². The molecule has 0 saturated heterocycles. The van der Waals surface area contributed by atoms with E-state index < -0.39 is 50.0 Å². The average molecular weight is 395 g/mol. The molecule has 0 aliphatic rings. The van der Waals surface area contributed by atoms with Gasteiger partial charge in [0.05, 0.1) is 5.69 Å². The van der Waals surface area contributed by atoms with Crippen LogP contribution in [0.2, 0.25) is 0 Å². The van der Waals surface area contributed by atoms with Gasteiger partial charge in [-0.1, -0.05) is 6.07 Å². The van der Waals surface area contributed by atoms with Gasteiger partial charge in [0.15, 0.2) is 28.2 Å². The first-order chi connectivity index (χ1) is 12.0. The molecular formula is C14H10F5N3O3S. The first kappa shape index (κ1) is 19.4. The Kier molecular flexibility index (Phi) is 5.07. The number of aryl methyl sites for hydroxylation is 1. The molecule has 12 heteroatoms. The van der Waals surface area contributed by atoms with Crippen LogP contribution in [0.15, 0.2) is 23.1 Å². The number of rotatable bonds is 4. The third kappa shape index (κ3) is 3.54. The normalized spacial score (nSPS) is 11.3. The largest absolute Gasteiger partial charge is 0.351 e. The van der Waals surface area contributed by atoms with Crippen LogP contribution < -0.4 is 15.8 Å². The van der Waals surface area contributed by atoms with E-state index in [1.165, 1.54) is 13.0 Å². The summed E-state index contributed by atoms with van der Waals surface area (Å²) in [5.41, 5.74) is 5.15. The number of carbonyl (C=O) groups is 1. The van der Waals surface area contributed by atoms with Gasteiger partial charge in [-0.2, -0.15) is 0 Å². The van der Waals surface area contributed by atoms with E-state index in [-0.39, 0.29) is 11.4 Å². The number of hydrogen-bond donors (Lipinski definition) is 3. The van der Waals surface area contributed by atoms with Crippen LogP contribution in [0.25, 0.3) is 0 Å². The van der Waals surface area contributed by atoms with E-state index >= 15 is 0 Å². The van der Waals surface area contributed by atoms with Gasteiger partial charge in [0.25, 0.3) is 10.0 Å². The molecule has 26 heavy (non-hydrogen) atoms. The Hall–Kier alpha value is -2.89. The van der Waals surface area contributed by atoms with Crippen LogP contribution in [0, 0.1) is 36.0 Å². The van der Waals surface area contributed by atoms with Crippen molar-refractivity contribution in [2.75, 3.05) is 10.0 Å². The third-order valence-electron chi connectivity index (χ3n) is 3.19. The summed E-state index contributed by atoms with van der Waals surface area (Å²) in [5, 5.41) is 2.17. The fourth-order valence-corrected chi connectivity index (χ4v) is 3.17. The van der Waals surface area contributed by atoms with Gasteiger partial charge >= 0.3 is 6.03 Å². The van der Waals surface area contributed by atoms with Crippen molar-refractivity contribution in [3.05, 3.63) is 52.8 Å². The smallest absolute Gasteiger partial charge is 0.316 e. The molecule has 0 fully saturated rings. The summed E-state index contributed by atoms with van der Waals surface area (Å²) < 4.78 is 92.8. The SMILES string of the molecule is Cc1ccc(NS(=O)(=O)c2c(F)c(F)c(F)c(F)c2F)cc1NC(N)=O. The molecule has 0 atom stereocenters. The molecule has 0 spiro atoms. The van der Waals surface area contributed by atoms with Gasteiger partial charge in [-0.05, 0) is 24.6 Å². The van der Waals surface area contributed by atoms with Gasteiger partial charge in [0, 0.05) is 5.69 Å². The molecule has 0 unspecified atom stereocenters. The Labute approximate surface area is 143 Å². The minimum atomic E-state index is -5.19. The number of halogens is 5. The first-order valence-electron chi connectivity index (χ1n) is 6.67. The molecule has 0 bridgehead atoms. The molecule has 2 aromatic rings. The monoisotopic (exact) mass is 395 g/mol. The van der Waals surface area contributed by atoms with Gasteiger partial charge in [-0.25, -0.2) is 35.2 Å². The van der Waals surface area contributed by atoms with Crippen LogP contribution in [0.1, 0.15) is 5.56 Å². The summed E-state index contributed by atoms with van der Waals surface area (Å²) in [7, 11) is -5.19. The molecule has 0 aromatic heterocycles. The zero-order chi connectivity index (χ0) is 19.8. The summed E-state index contributed by atoms with van der Waals surface area (Å²) in [6.07, 6.45) is 0. The van der Waals surface area contributed by atoms with Crippen molar-refractivity contribution in [1.29, 1.82) is 0 Å². The van der Waals surface area contributed by atoms with Crippen molar-refractivity contribution < 1.29 is 35.2 Å². The van der Waals surface area contributed by atoms with Gasteiger partial charge in [-0.3, -0.25) is 4.72 Å².